The second-order valence-corrected chi connectivity index (χ2v) is 5.44. The van der Waals surface area contributed by atoms with Gasteiger partial charge in [-0.05, 0) is 24.3 Å². The van der Waals surface area contributed by atoms with Crippen molar-refractivity contribution in [2.75, 3.05) is 0 Å². The number of halogens is 3. The first-order valence-electron chi connectivity index (χ1n) is 6.25. The van der Waals surface area contributed by atoms with Crippen LogP contribution in [0.15, 0.2) is 42.5 Å². The summed E-state index contributed by atoms with van der Waals surface area (Å²) < 4.78 is 13.7. The Morgan fingerprint density at radius 3 is 2.55 bits per heavy atom. The Labute approximate surface area is 134 Å². The molecule has 2 aromatic carbocycles. The van der Waals surface area contributed by atoms with Crippen LogP contribution in [-0.4, -0.2) is 16.1 Å². The predicted octanol–water partition coefficient (Wildman–Crippen LogP) is 5.05. The summed E-state index contributed by atoms with van der Waals surface area (Å²) in [7, 11) is 0. The summed E-state index contributed by atoms with van der Waals surface area (Å²) in [6.45, 7) is 0. The molecule has 22 heavy (non-hydrogen) atoms. The van der Waals surface area contributed by atoms with Crippen molar-refractivity contribution in [1.29, 1.82) is 0 Å². The Morgan fingerprint density at radius 1 is 1.09 bits per heavy atom. The number of carboxylic acids is 1. The zero-order valence-electron chi connectivity index (χ0n) is 11.0. The van der Waals surface area contributed by atoms with E-state index in [-0.39, 0.29) is 26.9 Å². The van der Waals surface area contributed by atoms with Gasteiger partial charge in [-0.1, -0.05) is 41.4 Å². The minimum Gasteiger partial charge on any atom is -0.478 e. The molecule has 1 N–H and O–H groups in total. The molecule has 0 amide bonds. The van der Waals surface area contributed by atoms with E-state index in [1.165, 1.54) is 12.1 Å². The molecule has 0 bridgehead atoms. The fraction of sp³-hybridized carbons (Fsp3) is 0. The molecule has 0 saturated heterocycles. The van der Waals surface area contributed by atoms with E-state index in [2.05, 4.69) is 4.98 Å². The molecule has 0 aliphatic rings. The molecule has 0 aliphatic heterocycles. The lowest BCUT2D eigenvalue weighted by atomic mass is 10.0. The van der Waals surface area contributed by atoms with E-state index in [4.69, 9.17) is 23.2 Å². The Kier molecular flexibility index (Phi) is 3.72. The maximum Gasteiger partial charge on any atom is 0.336 e. The highest BCUT2D eigenvalue weighted by Gasteiger charge is 2.16. The molecule has 3 aromatic rings. The summed E-state index contributed by atoms with van der Waals surface area (Å²) in [6, 6.07) is 10.6. The van der Waals surface area contributed by atoms with Crippen molar-refractivity contribution >= 4 is 40.1 Å². The second-order valence-electron chi connectivity index (χ2n) is 4.62. The molecule has 3 nitrogen and oxygen atoms in total. The van der Waals surface area contributed by atoms with Gasteiger partial charge in [0.15, 0.2) is 0 Å². The fourth-order valence-corrected chi connectivity index (χ4v) is 2.69. The van der Waals surface area contributed by atoms with E-state index in [9.17, 15) is 14.3 Å². The maximum atomic E-state index is 13.7. The van der Waals surface area contributed by atoms with Gasteiger partial charge < -0.3 is 5.11 Å². The number of aromatic nitrogens is 1. The van der Waals surface area contributed by atoms with Gasteiger partial charge in [-0.2, -0.15) is 0 Å². The van der Waals surface area contributed by atoms with Crippen LogP contribution in [0.5, 0.6) is 0 Å². The van der Waals surface area contributed by atoms with Gasteiger partial charge in [-0.3, -0.25) is 0 Å². The average Bonchev–Trinajstić information content (AvgIpc) is 2.49. The first-order chi connectivity index (χ1) is 10.5. The lowest BCUT2D eigenvalue weighted by Gasteiger charge is -2.09. The molecule has 3 rings (SSSR count). The lowest BCUT2D eigenvalue weighted by molar-refractivity contribution is 0.0699. The van der Waals surface area contributed by atoms with E-state index in [1.54, 1.807) is 24.3 Å². The quantitative estimate of drug-likeness (QED) is 0.667. The van der Waals surface area contributed by atoms with Crippen molar-refractivity contribution in [2.45, 2.75) is 0 Å². The highest BCUT2D eigenvalue weighted by atomic mass is 35.5. The van der Waals surface area contributed by atoms with Gasteiger partial charge in [0.05, 0.1) is 26.8 Å². The molecule has 0 fully saturated rings. The summed E-state index contributed by atoms with van der Waals surface area (Å²) in [5, 5.41) is 9.97. The van der Waals surface area contributed by atoms with Crippen molar-refractivity contribution < 1.29 is 14.3 Å². The van der Waals surface area contributed by atoms with Gasteiger partial charge in [-0.15, -0.1) is 0 Å². The first kappa shape index (κ1) is 14.8. The number of pyridine rings is 1. The molecule has 6 heteroatoms. The van der Waals surface area contributed by atoms with Crippen LogP contribution in [0, 0.1) is 5.82 Å². The number of benzene rings is 2. The zero-order chi connectivity index (χ0) is 15.9. The van der Waals surface area contributed by atoms with Crippen LogP contribution in [0.25, 0.3) is 22.2 Å². The summed E-state index contributed by atoms with van der Waals surface area (Å²) in [5.41, 5.74) is 1.13. The number of hydrogen-bond acceptors (Lipinski definition) is 2. The van der Waals surface area contributed by atoms with Crippen LogP contribution in [0.4, 0.5) is 4.39 Å². The van der Waals surface area contributed by atoms with Gasteiger partial charge in [0, 0.05) is 10.9 Å². The monoisotopic (exact) mass is 335 g/mol. The lowest BCUT2D eigenvalue weighted by Crippen LogP contribution is -2.00. The summed E-state index contributed by atoms with van der Waals surface area (Å²) in [6.07, 6.45) is 0. The van der Waals surface area contributed by atoms with Gasteiger partial charge in [-0.25, -0.2) is 14.2 Å². The van der Waals surface area contributed by atoms with Gasteiger partial charge in [0.25, 0.3) is 0 Å². The topological polar surface area (TPSA) is 50.2 Å². The van der Waals surface area contributed by atoms with Crippen molar-refractivity contribution in [3.05, 3.63) is 63.9 Å². The van der Waals surface area contributed by atoms with E-state index < -0.39 is 11.8 Å². The molecule has 0 unspecified atom stereocenters. The summed E-state index contributed by atoms with van der Waals surface area (Å²) >= 11 is 11.8. The van der Waals surface area contributed by atoms with Crippen LogP contribution in [0.2, 0.25) is 10.0 Å². The van der Waals surface area contributed by atoms with Crippen LogP contribution < -0.4 is 0 Å². The first-order valence-corrected chi connectivity index (χ1v) is 7.01. The molecular weight excluding hydrogens is 328 g/mol. The number of para-hydroxylation sites is 1. The number of nitrogens with zero attached hydrogens (tertiary/aromatic N) is 1. The maximum absolute atomic E-state index is 13.7. The van der Waals surface area contributed by atoms with E-state index in [0.29, 0.717) is 10.9 Å². The number of carbonyl (C=O) groups is 1. The van der Waals surface area contributed by atoms with Gasteiger partial charge >= 0.3 is 5.97 Å². The minimum absolute atomic E-state index is 0.0759. The molecule has 0 atom stereocenters. The van der Waals surface area contributed by atoms with Gasteiger partial charge in [0.1, 0.15) is 5.82 Å². The second kappa shape index (κ2) is 5.55. The highest BCUT2D eigenvalue weighted by Crippen LogP contribution is 2.33. The molecule has 0 aliphatic carbocycles. The molecule has 0 spiro atoms. The van der Waals surface area contributed by atoms with Crippen molar-refractivity contribution in [3.63, 3.8) is 0 Å². The Hall–Kier alpha value is -2.17. The van der Waals surface area contributed by atoms with Crippen LogP contribution >= 0.6 is 23.2 Å². The van der Waals surface area contributed by atoms with Gasteiger partial charge in [0.2, 0.25) is 0 Å². The number of hydrogen-bond donors (Lipinski definition) is 1. The third-order valence-electron chi connectivity index (χ3n) is 3.23. The Balaban J connectivity index is 2.33. The van der Waals surface area contributed by atoms with E-state index in [0.717, 1.165) is 6.07 Å². The number of fused-ring (bicyclic) bond motifs is 1. The van der Waals surface area contributed by atoms with Crippen molar-refractivity contribution in [1.82, 2.24) is 4.98 Å². The number of carboxylic acid groups (broad SMARTS) is 1. The molecule has 1 heterocycles. The molecule has 0 saturated carbocycles. The molecule has 0 radical (unpaired) electrons. The standard InChI is InChI=1S/C16H8Cl2FNO2/c17-11-7-12(18)13(19)5-10(11)15-6-9(16(21)22)8-3-1-2-4-14(8)20-15/h1-7H,(H,21,22). The Bertz CT molecular complexity index is 912. The van der Waals surface area contributed by atoms with Crippen LogP contribution in [0.1, 0.15) is 10.4 Å². The van der Waals surface area contributed by atoms with Crippen LogP contribution in [-0.2, 0) is 0 Å². The highest BCUT2D eigenvalue weighted by molar-refractivity contribution is 6.36. The zero-order valence-corrected chi connectivity index (χ0v) is 12.5. The predicted molar refractivity (Wildman–Crippen MR) is 84.1 cm³/mol. The van der Waals surface area contributed by atoms with E-state index >= 15 is 0 Å². The average molecular weight is 336 g/mol. The smallest absolute Gasteiger partial charge is 0.336 e. The van der Waals surface area contributed by atoms with Crippen molar-refractivity contribution in [2.24, 2.45) is 0 Å². The van der Waals surface area contributed by atoms with Crippen LogP contribution in [0.3, 0.4) is 0 Å². The third kappa shape index (κ3) is 2.51. The Morgan fingerprint density at radius 2 is 1.82 bits per heavy atom. The number of aromatic carboxylic acids is 1. The van der Waals surface area contributed by atoms with E-state index in [1.807, 2.05) is 0 Å². The SMILES string of the molecule is O=C(O)c1cc(-c2cc(F)c(Cl)cc2Cl)nc2ccccc12. The van der Waals surface area contributed by atoms with Crippen molar-refractivity contribution in [3.8, 4) is 11.3 Å². The largest absolute Gasteiger partial charge is 0.478 e. The molecule has 110 valence electrons. The normalized spacial score (nSPS) is 10.9. The summed E-state index contributed by atoms with van der Waals surface area (Å²) in [5.74, 6) is -1.74. The fourth-order valence-electron chi connectivity index (χ4n) is 2.21. The molecule has 1 aromatic heterocycles. The third-order valence-corrected chi connectivity index (χ3v) is 3.83. The summed E-state index contributed by atoms with van der Waals surface area (Å²) in [4.78, 5) is 15.8. The molecular formula is C16H8Cl2FNO2. The number of rotatable bonds is 2. The minimum atomic E-state index is -1.09.